The number of carboxylic acids is 1. The van der Waals surface area contributed by atoms with E-state index in [1.165, 1.54) is 19.3 Å². The van der Waals surface area contributed by atoms with Gasteiger partial charge in [0.05, 0.1) is 13.2 Å². The van der Waals surface area contributed by atoms with Gasteiger partial charge in [-0.3, -0.25) is 18.6 Å². The third-order valence-electron chi connectivity index (χ3n) is 3.93. The average molecular weight is 455 g/mol. The van der Waals surface area contributed by atoms with Crippen LogP contribution in [0.15, 0.2) is 0 Å². The maximum absolute atomic E-state index is 11.7. The number of carboxylic acid groups (broad SMARTS) is 1. The van der Waals surface area contributed by atoms with Crippen LogP contribution in [0.5, 0.6) is 0 Å². The van der Waals surface area contributed by atoms with E-state index in [2.05, 4.69) is 16.0 Å². The Hall–Kier alpha value is -1.52. The molecular weight excluding hydrogens is 421 g/mol. The zero-order valence-corrected chi connectivity index (χ0v) is 18.5. The molecule has 0 aliphatic rings. The van der Waals surface area contributed by atoms with Crippen LogP contribution in [0.4, 0.5) is 0 Å². The average Bonchev–Trinajstić information content (AvgIpc) is 2.67. The second-order valence-electron chi connectivity index (χ2n) is 6.86. The van der Waals surface area contributed by atoms with Gasteiger partial charge in [-0.2, -0.15) is 0 Å². The fourth-order valence-electron chi connectivity index (χ4n) is 2.34. The van der Waals surface area contributed by atoms with E-state index in [1.807, 2.05) is 5.32 Å². The van der Waals surface area contributed by atoms with Crippen LogP contribution in [0.25, 0.3) is 0 Å². The molecule has 3 atom stereocenters. The van der Waals surface area contributed by atoms with Gasteiger partial charge < -0.3 is 25.2 Å². The van der Waals surface area contributed by atoms with Crippen molar-refractivity contribution in [2.45, 2.75) is 77.4 Å². The quantitative estimate of drug-likeness (QED) is 0.136. The number of hydrogen-bond donors (Lipinski definition) is 4. The van der Waals surface area contributed by atoms with Gasteiger partial charge in [-0.25, -0.2) is 9.36 Å². The summed E-state index contributed by atoms with van der Waals surface area (Å²) < 4.78 is 25.7. The number of amides is 1. The molecule has 176 valence electrons. The van der Waals surface area contributed by atoms with Gasteiger partial charge in [0.15, 0.2) is 6.04 Å². The molecular formula is C18H34NO10P. The van der Waals surface area contributed by atoms with Gasteiger partial charge in [0.2, 0.25) is 5.91 Å². The number of rotatable bonds is 18. The fraction of sp³-hybridized carbons (Fsp3) is 0.833. The highest BCUT2D eigenvalue weighted by Gasteiger charge is 2.28. The Kier molecular flexibility index (Phi) is 15.4. The number of unbranched alkanes of at least 4 members (excludes halogenated alkanes) is 6. The molecule has 0 saturated heterocycles. The van der Waals surface area contributed by atoms with Gasteiger partial charge in [-0.05, 0) is 6.42 Å². The van der Waals surface area contributed by atoms with Gasteiger partial charge in [-0.15, -0.1) is 0 Å². The van der Waals surface area contributed by atoms with Crippen LogP contribution < -0.4 is 5.32 Å². The lowest BCUT2D eigenvalue weighted by molar-refractivity contribution is -0.147. The van der Waals surface area contributed by atoms with Crippen LogP contribution in [0.3, 0.4) is 0 Å². The summed E-state index contributed by atoms with van der Waals surface area (Å²) in [7, 11) is -4.68. The van der Waals surface area contributed by atoms with Crippen molar-refractivity contribution in [3.63, 3.8) is 0 Å². The molecule has 0 spiro atoms. The van der Waals surface area contributed by atoms with Crippen molar-refractivity contribution in [2.24, 2.45) is 0 Å². The number of phosphoric ester groups is 1. The Morgan fingerprint density at radius 2 is 1.53 bits per heavy atom. The number of phosphoric acid groups is 1. The van der Waals surface area contributed by atoms with E-state index in [1.54, 1.807) is 0 Å². The second-order valence-corrected chi connectivity index (χ2v) is 8.31. The maximum Gasteiger partial charge on any atom is 0.472 e. The van der Waals surface area contributed by atoms with Gasteiger partial charge >= 0.3 is 19.8 Å². The van der Waals surface area contributed by atoms with Crippen molar-refractivity contribution in [1.29, 1.82) is 0 Å². The number of carbonyl (C=O) groups is 3. The highest BCUT2D eigenvalue weighted by atomic mass is 31.2. The van der Waals surface area contributed by atoms with E-state index in [0.717, 1.165) is 26.2 Å². The van der Waals surface area contributed by atoms with E-state index in [9.17, 15) is 28.9 Å². The van der Waals surface area contributed by atoms with Crippen LogP contribution >= 0.6 is 7.82 Å². The molecule has 0 bridgehead atoms. The first-order chi connectivity index (χ1) is 14.1. The third kappa shape index (κ3) is 16.3. The highest BCUT2D eigenvalue weighted by molar-refractivity contribution is 7.47. The molecule has 3 unspecified atom stereocenters. The molecule has 0 fully saturated rings. The fourth-order valence-corrected chi connectivity index (χ4v) is 3.11. The molecule has 0 aromatic rings. The molecule has 0 aliphatic carbocycles. The summed E-state index contributed by atoms with van der Waals surface area (Å²) in [5, 5.41) is 20.6. The van der Waals surface area contributed by atoms with Crippen molar-refractivity contribution in [1.82, 2.24) is 5.32 Å². The lowest BCUT2D eigenvalue weighted by Gasteiger charge is -2.18. The first-order valence-corrected chi connectivity index (χ1v) is 11.5. The highest BCUT2D eigenvalue weighted by Crippen LogP contribution is 2.43. The number of hydrogen-bond acceptors (Lipinski definition) is 8. The van der Waals surface area contributed by atoms with Gasteiger partial charge in [-0.1, -0.05) is 45.4 Å². The molecule has 0 rings (SSSR count). The van der Waals surface area contributed by atoms with Crippen molar-refractivity contribution >= 4 is 25.7 Å². The number of aliphatic carboxylic acids is 1. The number of aliphatic hydroxyl groups is 1. The molecule has 4 N–H and O–H groups in total. The number of ether oxygens (including phenoxy) is 1. The lowest BCUT2D eigenvalue weighted by atomic mass is 10.1. The number of nitrogens with one attached hydrogen (secondary N) is 1. The van der Waals surface area contributed by atoms with Crippen molar-refractivity contribution in [3.8, 4) is 0 Å². The van der Waals surface area contributed by atoms with Crippen LogP contribution in [0.2, 0.25) is 0 Å². The smallest absolute Gasteiger partial charge is 0.472 e. The summed E-state index contributed by atoms with van der Waals surface area (Å²) in [5.74, 6) is -2.60. The van der Waals surface area contributed by atoms with E-state index in [0.29, 0.717) is 6.42 Å². The molecule has 0 aliphatic heterocycles. The van der Waals surface area contributed by atoms with Crippen molar-refractivity contribution in [3.05, 3.63) is 0 Å². The Labute approximate surface area is 176 Å². The van der Waals surface area contributed by atoms with Crippen LogP contribution in [-0.2, 0) is 32.7 Å². The Morgan fingerprint density at radius 1 is 0.967 bits per heavy atom. The van der Waals surface area contributed by atoms with Gasteiger partial charge in [0, 0.05) is 13.3 Å². The predicted octanol–water partition coefficient (Wildman–Crippen LogP) is 1.75. The van der Waals surface area contributed by atoms with Gasteiger partial charge in [0.25, 0.3) is 0 Å². The normalized spacial score (nSPS) is 15.1. The van der Waals surface area contributed by atoms with E-state index in [-0.39, 0.29) is 6.42 Å². The topological polar surface area (TPSA) is 169 Å². The summed E-state index contributed by atoms with van der Waals surface area (Å²) in [5.41, 5.74) is 0. The van der Waals surface area contributed by atoms with Crippen LogP contribution in [0.1, 0.15) is 65.2 Å². The minimum Gasteiger partial charge on any atom is -0.480 e. The molecule has 30 heavy (non-hydrogen) atoms. The Morgan fingerprint density at radius 3 is 2.10 bits per heavy atom. The van der Waals surface area contributed by atoms with E-state index < -0.39 is 57.6 Å². The summed E-state index contributed by atoms with van der Waals surface area (Å²) >= 11 is 0. The molecule has 12 heteroatoms. The van der Waals surface area contributed by atoms with Crippen LogP contribution in [0, 0.1) is 0 Å². The minimum atomic E-state index is -4.68. The first-order valence-electron chi connectivity index (χ1n) is 10.0. The Bertz CT molecular complexity index is 571. The third-order valence-corrected chi connectivity index (χ3v) is 4.88. The molecule has 11 nitrogen and oxygen atoms in total. The zero-order chi connectivity index (χ0) is 23.0. The molecule has 0 saturated carbocycles. The number of esters is 1. The largest absolute Gasteiger partial charge is 0.480 e. The lowest BCUT2D eigenvalue weighted by Crippen LogP contribution is -2.42. The molecule has 0 aromatic heterocycles. The number of carbonyl (C=O) groups excluding carboxylic acids is 2. The summed E-state index contributed by atoms with van der Waals surface area (Å²) in [6.07, 6.45) is 6.25. The predicted molar refractivity (Wildman–Crippen MR) is 107 cm³/mol. The number of aliphatic hydroxyl groups excluding tert-OH is 1. The zero-order valence-electron chi connectivity index (χ0n) is 17.6. The van der Waals surface area contributed by atoms with Crippen LogP contribution in [-0.4, -0.2) is 64.9 Å². The molecule has 0 heterocycles. The molecule has 1 amide bonds. The second kappa shape index (κ2) is 16.2. The standard InChI is InChI=1S/C18H34NO10P/c1-3-4-5-6-7-8-9-10-17(22)27-11-15(21)12-28-30(25,26)29-13-16(18(23)24)19-14(2)20/h15-16,21H,3-13H2,1-2H3,(H,19,20)(H,23,24)(H,25,26). The van der Waals surface area contributed by atoms with Gasteiger partial charge in [0.1, 0.15) is 12.7 Å². The van der Waals surface area contributed by atoms with Crippen molar-refractivity contribution in [2.75, 3.05) is 19.8 Å². The maximum atomic E-state index is 11.7. The SMILES string of the molecule is CCCCCCCCCC(=O)OCC(O)COP(=O)(O)OCC(NC(C)=O)C(=O)O. The summed E-state index contributed by atoms with van der Waals surface area (Å²) in [4.78, 5) is 43.0. The minimum absolute atomic E-state index is 0.225. The van der Waals surface area contributed by atoms with Crippen molar-refractivity contribution < 1.29 is 47.8 Å². The monoisotopic (exact) mass is 455 g/mol. The molecule has 0 radical (unpaired) electrons. The summed E-state index contributed by atoms with van der Waals surface area (Å²) in [6.45, 7) is 1.32. The first kappa shape index (κ1) is 28.5. The van der Waals surface area contributed by atoms with E-state index >= 15 is 0 Å². The van der Waals surface area contributed by atoms with E-state index in [4.69, 9.17) is 9.84 Å². The summed E-state index contributed by atoms with van der Waals surface area (Å²) in [6, 6.07) is -1.54. The Balaban J connectivity index is 4.00. The molecule has 0 aromatic carbocycles.